The molecule has 0 radical (unpaired) electrons. The number of carbonyl (C=O) groups excluding carboxylic acids is 1. The number of allylic oxidation sites excluding steroid dienone is 1. The number of hydrogen-bond donors (Lipinski definition) is 2. The molecule has 28 heavy (non-hydrogen) atoms. The van der Waals surface area contributed by atoms with Crippen molar-refractivity contribution >= 4 is 23.2 Å². The predicted molar refractivity (Wildman–Crippen MR) is 104 cm³/mol. The highest BCUT2D eigenvalue weighted by Gasteiger charge is 2.29. The number of halogens is 3. The molecule has 5 nitrogen and oxygen atoms in total. The van der Waals surface area contributed by atoms with Gasteiger partial charge in [-0.05, 0) is 49.7 Å². The van der Waals surface area contributed by atoms with E-state index in [1.807, 2.05) is 17.9 Å². The van der Waals surface area contributed by atoms with Gasteiger partial charge in [0.2, 0.25) is 0 Å². The molecule has 2 aromatic rings. The number of nitrogens with zero attached hydrogens (tertiary/aromatic N) is 1. The van der Waals surface area contributed by atoms with E-state index >= 15 is 0 Å². The van der Waals surface area contributed by atoms with Gasteiger partial charge in [0, 0.05) is 18.4 Å². The van der Waals surface area contributed by atoms with Crippen molar-refractivity contribution in [1.29, 1.82) is 0 Å². The Labute approximate surface area is 161 Å². The molecule has 8 heteroatoms. The molecule has 0 aromatic heterocycles. The quantitative estimate of drug-likeness (QED) is 0.645. The van der Waals surface area contributed by atoms with Crippen LogP contribution in [-0.2, 0) is 17.5 Å². The minimum absolute atomic E-state index is 0.242. The van der Waals surface area contributed by atoms with E-state index in [1.54, 1.807) is 31.3 Å². The lowest BCUT2D eigenvalue weighted by Crippen LogP contribution is -2.17. The maximum Gasteiger partial charge on any atom is 0.416 e. The van der Waals surface area contributed by atoms with Crippen molar-refractivity contribution in [1.82, 2.24) is 0 Å². The number of nitrogen functional groups attached to an aromatic ring is 1. The van der Waals surface area contributed by atoms with Crippen molar-refractivity contribution in [3.05, 3.63) is 65.9 Å². The summed E-state index contributed by atoms with van der Waals surface area (Å²) in [5.74, 6) is 0. The Balaban J connectivity index is 2.19. The highest BCUT2D eigenvalue weighted by molar-refractivity contribution is 5.89. The second kappa shape index (κ2) is 9.16. The molecular formula is C20H22F3N3O2. The smallest absolute Gasteiger partial charge is 0.416 e. The number of nitrogens with two attached hydrogens (primary N) is 1. The summed E-state index contributed by atoms with van der Waals surface area (Å²) in [4.78, 5) is 13.4. The molecule has 2 aromatic carbocycles. The molecular weight excluding hydrogens is 371 g/mol. The van der Waals surface area contributed by atoms with E-state index in [4.69, 9.17) is 10.5 Å². The third kappa shape index (κ3) is 5.67. The third-order valence-corrected chi connectivity index (χ3v) is 3.84. The maximum atomic E-state index is 12.7. The molecule has 0 aliphatic carbocycles. The first-order chi connectivity index (χ1) is 13.2. The van der Waals surface area contributed by atoms with Crippen LogP contribution in [0.15, 0.2) is 54.7 Å². The van der Waals surface area contributed by atoms with Crippen LogP contribution in [0.2, 0.25) is 0 Å². The first-order valence-electron chi connectivity index (χ1n) is 8.63. The average molecular weight is 393 g/mol. The monoisotopic (exact) mass is 393 g/mol. The van der Waals surface area contributed by atoms with Crippen LogP contribution >= 0.6 is 0 Å². The van der Waals surface area contributed by atoms with Crippen molar-refractivity contribution in [2.24, 2.45) is 0 Å². The number of nitrogens with one attached hydrogen (secondary N) is 1. The summed E-state index contributed by atoms with van der Waals surface area (Å²) in [6.45, 7) is 4.13. The number of carbonyl (C=O) groups is 1. The Kier molecular flexibility index (Phi) is 6.92. The van der Waals surface area contributed by atoms with Crippen LogP contribution < -0.4 is 16.0 Å². The summed E-state index contributed by atoms with van der Waals surface area (Å²) < 4.78 is 43.0. The van der Waals surface area contributed by atoms with Gasteiger partial charge in [-0.2, -0.15) is 13.2 Å². The van der Waals surface area contributed by atoms with Crippen molar-refractivity contribution in [2.45, 2.75) is 26.6 Å². The molecule has 0 saturated carbocycles. The van der Waals surface area contributed by atoms with Crippen molar-refractivity contribution in [3.63, 3.8) is 0 Å². The summed E-state index contributed by atoms with van der Waals surface area (Å²) in [5.41, 5.74) is 7.52. The SMILES string of the molecule is C/C=C\N(Cc1ccc(C(F)(F)F)cc1)c1ccc(NC(=O)OCC)c(N)c1. The second-order valence-electron chi connectivity index (χ2n) is 5.92. The number of anilines is 3. The first-order valence-corrected chi connectivity index (χ1v) is 8.63. The summed E-state index contributed by atoms with van der Waals surface area (Å²) in [6, 6.07) is 10.1. The predicted octanol–water partition coefficient (Wildman–Crippen LogP) is 5.40. The lowest BCUT2D eigenvalue weighted by atomic mass is 10.1. The molecule has 0 bridgehead atoms. The zero-order chi connectivity index (χ0) is 20.7. The Morgan fingerprint density at radius 2 is 1.89 bits per heavy atom. The highest BCUT2D eigenvalue weighted by atomic mass is 19.4. The van der Waals surface area contributed by atoms with Crippen molar-refractivity contribution in [2.75, 3.05) is 22.6 Å². The summed E-state index contributed by atoms with van der Waals surface area (Å²) in [5, 5.41) is 2.55. The van der Waals surface area contributed by atoms with Crippen molar-refractivity contribution in [3.8, 4) is 0 Å². The lowest BCUT2D eigenvalue weighted by Gasteiger charge is -2.22. The molecule has 3 N–H and O–H groups in total. The zero-order valence-electron chi connectivity index (χ0n) is 15.6. The first kappa shape index (κ1) is 21.1. The number of alkyl halides is 3. The molecule has 0 saturated heterocycles. The molecule has 0 atom stereocenters. The van der Waals surface area contributed by atoms with Crippen LogP contribution in [0.3, 0.4) is 0 Å². The Hall–Kier alpha value is -3.16. The van der Waals surface area contributed by atoms with E-state index in [-0.39, 0.29) is 6.61 Å². The minimum atomic E-state index is -4.36. The molecule has 2 rings (SSSR count). The van der Waals surface area contributed by atoms with E-state index in [0.29, 0.717) is 23.5 Å². The maximum absolute atomic E-state index is 12.7. The summed E-state index contributed by atoms with van der Waals surface area (Å²) in [7, 11) is 0. The fourth-order valence-electron chi connectivity index (χ4n) is 2.53. The largest absolute Gasteiger partial charge is 0.450 e. The summed E-state index contributed by atoms with van der Waals surface area (Å²) >= 11 is 0. The van der Waals surface area contributed by atoms with Crippen LogP contribution in [-0.4, -0.2) is 12.7 Å². The van der Waals surface area contributed by atoms with Gasteiger partial charge in [-0.3, -0.25) is 5.32 Å². The van der Waals surface area contributed by atoms with Gasteiger partial charge in [0.1, 0.15) is 0 Å². The normalized spacial score (nSPS) is 11.5. The molecule has 0 unspecified atom stereocenters. The van der Waals surface area contributed by atoms with Gasteiger partial charge < -0.3 is 15.4 Å². The highest BCUT2D eigenvalue weighted by Crippen LogP contribution is 2.30. The average Bonchev–Trinajstić information content (AvgIpc) is 2.63. The van der Waals surface area contributed by atoms with Crippen LogP contribution in [0.4, 0.5) is 35.0 Å². The van der Waals surface area contributed by atoms with Gasteiger partial charge in [-0.15, -0.1) is 0 Å². The van der Waals surface area contributed by atoms with E-state index < -0.39 is 17.8 Å². The van der Waals surface area contributed by atoms with Gasteiger partial charge >= 0.3 is 12.3 Å². The number of amides is 1. The minimum Gasteiger partial charge on any atom is -0.450 e. The Morgan fingerprint density at radius 1 is 1.21 bits per heavy atom. The Bertz CT molecular complexity index is 834. The fourth-order valence-corrected chi connectivity index (χ4v) is 2.53. The number of benzene rings is 2. The van der Waals surface area contributed by atoms with Crippen LogP contribution in [0.1, 0.15) is 25.0 Å². The number of hydrogen-bond acceptors (Lipinski definition) is 4. The Morgan fingerprint density at radius 3 is 2.43 bits per heavy atom. The van der Waals surface area contributed by atoms with Gasteiger partial charge in [0.05, 0.1) is 23.5 Å². The van der Waals surface area contributed by atoms with Gasteiger partial charge in [-0.25, -0.2) is 4.79 Å². The number of rotatable bonds is 6. The number of ether oxygens (including phenoxy) is 1. The molecule has 0 aliphatic heterocycles. The van der Waals surface area contributed by atoms with Gasteiger partial charge in [-0.1, -0.05) is 18.2 Å². The van der Waals surface area contributed by atoms with Gasteiger partial charge in [0.25, 0.3) is 0 Å². The third-order valence-electron chi connectivity index (χ3n) is 3.84. The van der Waals surface area contributed by atoms with Crippen LogP contribution in [0.5, 0.6) is 0 Å². The molecule has 0 heterocycles. The molecule has 0 spiro atoms. The molecule has 150 valence electrons. The van der Waals surface area contributed by atoms with E-state index in [9.17, 15) is 18.0 Å². The fraction of sp³-hybridized carbons (Fsp3) is 0.250. The lowest BCUT2D eigenvalue weighted by molar-refractivity contribution is -0.137. The second-order valence-corrected chi connectivity index (χ2v) is 5.92. The standard InChI is InChI=1S/C20H22F3N3O2/c1-3-11-26(13-14-5-7-15(8-6-14)20(21,22)23)16-9-10-18(17(24)12-16)25-19(27)28-4-2/h3,5-12H,4,13,24H2,1-2H3,(H,25,27)/b11-3-. The van der Waals surface area contributed by atoms with E-state index in [0.717, 1.165) is 17.8 Å². The van der Waals surface area contributed by atoms with Crippen molar-refractivity contribution < 1.29 is 22.7 Å². The van der Waals surface area contributed by atoms with E-state index in [2.05, 4.69) is 5.32 Å². The molecule has 0 fully saturated rings. The summed E-state index contributed by atoms with van der Waals surface area (Å²) in [6.07, 6.45) is -1.36. The van der Waals surface area contributed by atoms with E-state index in [1.165, 1.54) is 12.1 Å². The molecule has 0 aliphatic rings. The van der Waals surface area contributed by atoms with Gasteiger partial charge in [0.15, 0.2) is 0 Å². The van der Waals surface area contributed by atoms with Crippen LogP contribution in [0, 0.1) is 0 Å². The van der Waals surface area contributed by atoms with Crippen LogP contribution in [0.25, 0.3) is 0 Å². The molecule has 1 amide bonds. The topological polar surface area (TPSA) is 67.6 Å². The zero-order valence-corrected chi connectivity index (χ0v) is 15.6.